The lowest BCUT2D eigenvalue weighted by Crippen LogP contribution is -2.05. The van der Waals surface area contributed by atoms with Crippen LogP contribution >= 0.6 is 27.5 Å². The van der Waals surface area contributed by atoms with Crippen LogP contribution in [0.3, 0.4) is 0 Å². The molecule has 0 aliphatic rings. The van der Waals surface area contributed by atoms with Gasteiger partial charge in [0.1, 0.15) is 0 Å². The quantitative estimate of drug-likeness (QED) is 0.742. The smallest absolute Gasteiger partial charge is 0.0410 e. The first kappa shape index (κ1) is 13.6. The Labute approximate surface area is 121 Å². The van der Waals surface area contributed by atoms with Gasteiger partial charge in [0.05, 0.1) is 0 Å². The van der Waals surface area contributed by atoms with Gasteiger partial charge in [-0.05, 0) is 46.5 Å². The molecule has 2 aromatic rings. The van der Waals surface area contributed by atoms with E-state index in [1.54, 1.807) is 6.20 Å². The average Bonchev–Trinajstić information content (AvgIpc) is 2.36. The Morgan fingerprint density at radius 2 is 2.11 bits per heavy atom. The van der Waals surface area contributed by atoms with Crippen molar-refractivity contribution in [2.24, 2.45) is 0 Å². The van der Waals surface area contributed by atoms with Crippen molar-refractivity contribution in [2.75, 3.05) is 5.88 Å². The van der Waals surface area contributed by atoms with Gasteiger partial charge < -0.3 is 0 Å². The molecule has 0 bridgehead atoms. The minimum atomic E-state index is 0.336. The van der Waals surface area contributed by atoms with E-state index < -0.39 is 0 Å². The summed E-state index contributed by atoms with van der Waals surface area (Å²) in [4.78, 5) is 4.19. The van der Waals surface area contributed by atoms with Gasteiger partial charge in [-0.25, -0.2) is 0 Å². The minimum Gasteiger partial charge on any atom is -0.263 e. The van der Waals surface area contributed by atoms with E-state index >= 15 is 0 Å². The lowest BCUT2D eigenvalue weighted by molar-refractivity contribution is 0.762. The number of hydrogen-bond acceptors (Lipinski definition) is 1. The Hall–Kier alpha value is -0.860. The summed E-state index contributed by atoms with van der Waals surface area (Å²) >= 11 is 9.56. The molecule has 1 aromatic carbocycles. The molecule has 0 saturated carbocycles. The predicted molar refractivity (Wildman–Crippen MR) is 80.3 cm³/mol. The molecule has 3 heteroatoms. The van der Waals surface area contributed by atoms with Gasteiger partial charge in [-0.3, -0.25) is 4.98 Å². The first-order valence-corrected chi connectivity index (χ1v) is 7.23. The topological polar surface area (TPSA) is 12.9 Å². The second kappa shape index (κ2) is 6.35. The Balaban J connectivity index is 2.19. The molecular weight excluding hydrogens is 310 g/mol. The Bertz CT molecular complexity index is 527. The van der Waals surface area contributed by atoms with Gasteiger partial charge in [-0.1, -0.05) is 29.8 Å². The third-order valence-electron chi connectivity index (χ3n) is 2.94. The zero-order valence-corrected chi connectivity index (χ0v) is 12.6. The molecule has 0 saturated heterocycles. The number of nitrogens with zero attached hydrogens (tertiary/aromatic N) is 1. The van der Waals surface area contributed by atoms with Crippen molar-refractivity contribution < 1.29 is 0 Å². The van der Waals surface area contributed by atoms with Crippen LogP contribution in [0.5, 0.6) is 0 Å². The van der Waals surface area contributed by atoms with E-state index in [2.05, 4.69) is 58.2 Å². The highest BCUT2D eigenvalue weighted by Crippen LogP contribution is 2.24. The molecule has 1 heterocycles. The van der Waals surface area contributed by atoms with E-state index in [1.807, 2.05) is 6.20 Å². The minimum absolute atomic E-state index is 0.336. The molecule has 0 amide bonds. The van der Waals surface area contributed by atoms with Crippen LogP contribution in [0.1, 0.15) is 22.6 Å². The lowest BCUT2D eigenvalue weighted by atomic mass is 9.93. The third kappa shape index (κ3) is 3.56. The van der Waals surface area contributed by atoms with Gasteiger partial charge in [0, 0.05) is 28.7 Å². The van der Waals surface area contributed by atoms with E-state index in [9.17, 15) is 0 Å². The van der Waals surface area contributed by atoms with Gasteiger partial charge in [-0.2, -0.15) is 0 Å². The number of alkyl halides is 1. The summed E-state index contributed by atoms with van der Waals surface area (Å²) in [7, 11) is 0. The molecule has 94 valence electrons. The molecule has 1 atom stereocenters. The number of pyridine rings is 1. The molecule has 0 aliphatic heterocycles. The van der Waals surface area contributed by atoms with E-state index in [-0.39, 0.29) is 0 Å². The Morgan fingerprint density at radius 3 is 2.78 bits per heavy atom. The van der Waals surface area contributed by atoms with Gasteiger partial charge in [-0.15, -0.1) is 11.6 Å². The first-order chi connectivity index (χ1) is 8.69. The van der Waals surface area contributed by atoms with Crippen molar-refractivity contribution in [3.05, 3.63) is 63.9 Å². The van der Waals surface area contributed by atoms with Crippen LogP contribution in [0.4, 0.5) is 0 Å². The summed E-state index contributed by atoms with van der Waals surface area (Å²) < 4.78 is 1.01. The van der Waals surface area contributed by atoms with Crippen LogP contribution in [0.25, 0.3) is 0 Å². The number of aromatic nitrogens is 1. The maximum atomic E-state index is 6.11. The highest BCUT2D eigenvalue weighted by Gasteiger charge is 2.11. The van der Waals surface area contributed by atoms with Gasteiger partial charge in [0.15, 0.2) is 0 Å². The maximum absolute atomic E-state index is 6.11. The normalized spacial score (nSPS) is 12.4. The number of halogens is 2. The molecular formula is C15H15BrClN. The second-order valence-electron chi connectivity index (χ2n) is 4.48. The summed E-state index contributed by atoms with van der Waals surface area (Å²) in [6.07, 6.45) is 4.62. The van der Waals surface area contributed by atoms with Crippen LogP contribution in [0.2, 0.25) is 0 Å². The SMILES string of the molecule is Cc1cccc(C(CCl)Cc2cncc(Br)c2)c1. The molecule has 0 aliphatic carbocycles. The number of rotatable bonds is 4. The van der Waals surface area contributed by atoms with Crippen LogP contribution in [-0.2, 0) is 6.42 Å². The average molecular weight is 325 g/mol. The molecule has 18 heavy (non-hydrogen) atoms. The van der Waals surface area contributed by atoms with E-state index in [0.717, 1.165) is 10.9 Å². The molecule has 0 radical (unpaired) electrons. The summed E-state index contributed by atoms with van der Waals surface area (Å²) in [6, 6.07) is 10.6. The van der Waals surface area contributed by atoms with Crippen molar-refractivity contribution >= 4 is 27.5 Å². The number of hydrogen-bond donors (Lipinski definition) is 0. The largest absolute Gasteiger partial charge is 0.263 e. The fraction of sp³-hybridized carbons (Fsp3) is 0.267. The fourth-order valence-electron chi connectivity index (χ4n) is 2.04. The van der Waals surface area contributed by atoms with Crippen LogP contribution in [0.15, 0.2) is 47.2 Å². The fourth-order valence-corrected chi connectivity index (χ4v) is 2.74. The van der Waals surface area contributed by atoms with Crippen molar-refractivity contribution in [2.45, 2.75) is 19.3 Å². The van der Waals surface area contributed by atoms with Crippen LogP contribution < -0.4 is 0 Å². The van der Waals surface area contributed by atoms with E-state index in [4.69, 9.17) is 11.6 Å². The Kier molecular flexibility index (Phi) is 4.79. The van der Waals surface area contributed by atoms with Crippen molar-refractivity contribution in [1.29, 1.82) is 0 Å². The molecule has 0 spiro atoms. The number of benzene rings is 1. The van der Waals surface area contributed by atoms with Crippen LogP contribution in [0, 0.1) is 6.92 Å². The predicted octanol–water partition coefficient (Wildman–Crippen LogP) is 4.72. The summed E-state index contributed by atoms with van der Waals surface area (Å²) in [5, 5.41) is 0. The Morgan fingerprint density at radius 1 is 1.28 bits per heavy atom. The first-order valence-electron chi connectivity index (χ1n) is 5.91. The highest BCUT2D eigenvalue weighted by molar-refractivity contribution is 9.10. The molecule has 0 fully saturated rings. The van der Waals surface area contributed by atoms with Gasteiger partial charge in [0.2, 0.25) is 0 Å². The zero-order chi connectivity index (χ0) is 13.0. The van der Waals surface area contributed by atoms with Gasteiger partial charge >= 0.3 is 0 Å². The molecule has 1 unspecified atom stereocenters. The summed E-state index contributed by atoms with van der Waals surface area (Å²) in [5.41, 5.74) is 3.77. The zero-order valence-electron chi connectivity index (χ0n) is 10.2. The standard InChI is InChI=1S/C15H15BrClN/c1-11-3-2-4-13(5-11)14(8-17)6-12-7-15(16)10-18-9-12/h2-5,7,9-10,14H,6,8H2,1H3. The number of aryl methyl sites for hydroxylation is 1. The molecule has 2 rings (SSSR count). The third-order valence-corrected chi connectivity index (χ3v) is 3.75. The maximum Gasteiger partial charge on any atom is 0.0410 e. The van der Waals surface area contributed by atoms with Crippen molar-refractivity contribution in [3.63, 3.8) is 0 Å². The molecule has 1 nitrogen and oxygen atoms in total. The highest BCUT2D eigenvalue weighted by atomic mass is 79.9. The summed E-state index contributed by atoms with van der Waals surface area (Å²) in [6.45, 7) is 2.11. The molecule has 0 N–H and O–H groups in total. The van der Waals surface area contributed by atoms with E-state index in [0.29, 0.717) is 11.8 Å². The van der Waals surface area contributed by atoms with Crippen molar-refractivity contribution in [3.8, 4) is 0 Å². The van der Waals surface area contributed by atoms with Crippen molar-refractivity contribution in [1.82, 2.24) is 4.98 Å². The van der Waals surface area contributed by atoms with Crippen LogP contribution in [-0.4, -0.2) is 10.9 Å². The summed E-state index contributed by atoms with van der Waals surface area (Å²) in [5.74, 6) is 0.957. The van der Waals surface area contributed by atoms with E-state index in [1.165, 1.54) is 16.7 Å². The molecule has 1 aromatic heterocycles. The second-order valence-corrected chi connectivity index (χ2v) is 5.71. The monoisotopic (exact) mass is 323 g/mol. The lowest BCUT2D eigenvalue weighted by Gasteiger charge is -2.15. The van der Waals surface area contributed by atoms with Gasteiger partial charge in [0.25, 0.3) is 0 Å².